The number of sulfonamides is 1. The molecular weight excluding hydrogens is 282 g/mol. The quantitative estimate of drug-likeness (QED) is 0.501. The minimum absolute atomic E-state index is 0.404. The second-order valence-corrected chi connectivity index (χ2v) is 8.82. The van der Waals surface area contributed by atoms with Gasteiger partial charge in [-0.2, -0.15) is 17.7 Å². The summed E-state index contributed by atoms with van der Waals surface area (Å²) in [6.45, 7) is 2.02. The third-order valence-electron chi connectivity index (χ3n) is 4.06. The zero-order chi connectivity index (χ0) is 13.4. The van der Waals surface area contributed by atoms with Crippen molar-refractivity contribution in [3.63, 3.8) is 0 Å². The van der Waals surface area contributed by atoms with E-state index in [1.807, 2.05) is 0 Å². The van der Waals surface area contributed by atoms with Gasteiger partial charge >= 0.3 is 0 Å². The maximum Gasteiger partial charge on any atom is 0.289 e. The summed E-state index contributed by atoms with van der Waals surface area (Å²) >= 11 is 0. The van der Waals surface area contributed by atoms with E-state index in [0.29, 0.717) is 13.1 Å². The molecule has 10 heteroatoms. The predicted octanol–water partition coefficient (Wildman–Crippen LogP) is -1.11. The lowest BCUT2D eigenvalue weighted by Gasteiger charge is -2.28. The van der Waals surface area contributed by atoms with Crippen LogP contribution in [0.25, 0.3) is 0 Å². The molecule has 3 aliphatic heterocycles. The molecule has 0 aromatic rings. The average molecular weight is 297 g/mol. The van der Waals surface area contributed by atoms with Crippen molar-refractivity contribution in [2.24, 2.45) is 0 Å². The van der Waals surface area contributed by atoms with Crippen LogP contribution in [0.1, 0.15) is 26.2 Å². The molecule has 8 nitrogen and oxygen atoms in total. The summed E-state index contributed by atoms with van der Waals surface area (Å²) in [6, 6.07) is 0. The van der Waals surface area contributed by atoms with Crippen LogP contribution < -0.4 is 5.43 Å². The first-order valence-electron chi connectivity index (χ1n) is 5.74. The number of hydrogen-bond acceptors (Lipinski definition) is 6. The highest BCUT2D eigenvalue weighted by Gasteiger charge is 2.99. The molecule has 0 aliphatic carbocycles. The van der Waals surface area contributed by atoms with E-state index in [1.54, 1.807) is 0 Å². The van der Waals surface area contributed by atoms with Gasteiger partial charge in [-0.1, -0.05) is 6.42 Å². The largest absolute Gasteiger partial charge is 0.289 e. The van der Waals surface area contributed by atoms with Crippen molar-refractivity contribution in [1.29, 1.82) is 0 Å². The lowest BCUT2D eigenvalue weighted by molar-refractivity contribution is 0.338. The summed E-state index contributed by atoms with van der Waals surface area (Å²) in [5.74, 6) is 0. The van der Waals surface area contributed by atoms with Gasteiger partial charge in [0.15, 0.2) is 0 Å². The van der Waals surface area contributed by atoms with E-state index in [0.717, 1.165) is 24.3 Å². The van der Waals surface area contributed by atoms with Gasteiger partial charge in [0.25, 0.3) is 25.1 Å². The molecule has 104 valence electrons. The molecule has 0 saturated carbocycles. The van der Waals surface area contributed by atoms with Gasteiger partial charge in [-0.15, -0.1) is 0 Å². The first-order valence-corrected chi connectivity index (χ1v) is 8.62. The first kappa shape index (κ1) is 12.8. The molecule has 0 spiro atoms. The van der Waals surface area contributed by atoms with Crippen molar-refractivity contribution < 1.29 is 21.4 Å². The lowest BCUT2D eigenvalue weighted by atomic mass is 10.2. The fourth-order valence-electron chi connectivity index (χ4n) is 2.71. The average Bonchev–Trinajstić information content (AvgIpc) is 3.15. The second kappa shape index (κ2) is 3.25. The van der Waals surface area contributed by atoms with E-state index in [1.165, 1.54) is 11.2 Å². The van der Waals surface area contributed by atoms with Crippen LogP contribution in [0, 0.1) is 0 Å². The number of hydrogen-bond donors (Lipinski definition) is 2. The molecule has 18 heavy (non-hydrogen) atoms. The van der Waals surface area contributed by atoms with Gasteiger partial charge < -0.3 is 0 Å². The SMILES string of the molecule is CC1(S(=O)(=O)O)N2NC21S(=O)(=O)N1CCCCC1. The molecule has 3 atom stereocenters. The highest BCUT2D eigenvalue weighted by molar-refractivity contribution is 7.94. The zero-order valence-electron chi connectivity index (χ0n) is 9.83. The Balaban J connectivity index is 1.94. The van der Waals surface area contributed by atoms with Crippen LogP contribution >= 0.6 is 0 Å². The van der Waals surface area contributed by atoms with Gasteiger partial charge in [0.05, 0.1) is 0 Å². The number of nitrogens with one attached hydrogen (secondary N) is 1. The Morgan fingerprint density at radius 1 is 1.11 bits per heavy atom. The van der Waals surface area contributed by atoms with Crippen LogP contribution in [0.3, 0.4) is 0 Å². The molecule has 0 radical (unpaired) electrons. The standard InChI is InChI=1S/C8H15N3O5S2/c1-7(18(14,15)16)8(9-11(7)8)17(12,13)10-5-3-2-4-6-10/h9H,2-6H2,1H3,(H,14,15,16). The minimum Gasteiger partial charge on any atom is -0.284 e. The molecule has 3 aliphatic rings. The van der Waals surface area contributed by atoms with Crippen molar-refractivity contribution in [2.75, 3.05) is 13.1 Å². The molecule has 3 fully saturated rings. The van der Waals surface area contributed by atoms with E-state index < -0.39 is 30.0 Å². The number of rotatable bonds is 3. The Kier molecular flexibility index (Phi) is 2.30. The van der Waals surface area contributed by atoms with Gasteiger partial charge in [0, 0.05) is 13.1 Å². The Hall–Kier alpha value is -0.260. The van der Waals surface area contributed by atoms with E-state index in [9.17, 15) is 16.8 Å². The molecule has 0 amide bonds. The van der Waals surface area contributed by atoms with Gasteiger partial charge in [-0.25, -0.2) is 13.8 Å². The molecule has 0 aromatic heterocycles. The zero-order valence-corrected chi connectivity index (χ0v) is 11.5. The van der Waals surface area contributed by atoms with Crippen molar-refractivity contribution in [3.05, 3.63) is 0 Å². The number of piperidine rings is 1. The summed E-state index contributed by atoms with van der Waals surface area (Å²) in [7, 11) is -8.25. The highest BCUT2D eigenvalue weighted by Crippen LogP contribution is 2.66. The number of hydrazine groups is 1. The topological polar surface area (TPSA) is 117 Å². The molecule has 0 aromatic carbocycles. The van der Waals surface area contributed by atoms with Crippen molar-refractivity contribution in [3.8, 4) is 0 Å². The van der Waals surface area contributed by atoms with E-state index in [2.05, 4.69) is 5.43 Å². The summed E-state index contributed by atoms with van der Waals surface area (Å²) in [5.41, 5.74) is 2.51. The fraction of sp³-hybridized carbons (Fsp3) is 1.00. The van der Waals surface area contributed by atoms with Crippen LogP contribution in [-0.4, -0.2) is 53.7 Å². The van der Waals surface area contributed by atoms with Crippen LogP contribution in [0.2, 0.25) is 0 Å². The molecule has 3 rings (SSSR count). The van der Waals surface area contributed by atoms with Gasteiger partial charge in [-0.3, -0.25) is 4.55 Å². The molecule has 3 unspecified atom stereocenters. The molecule has 0 bridgehead atoms. The fourth-order valence-corrected chi connectivity index (χ4v) is 6.51. The predicted molar refractivity (Wildman–Crippen MR) is 62.0 cm³/mol. The van der Waals surface area contributed by atoms with Crippen molar-refractivity contribution in [1.82, 2.24) is 14.7 Å². The molecular formula is C8H15N3O5S2. The third-order valence-corrected chi connectivity index (χ3v) is 8.14. The molecule has 3 saturated heterocycles. The summed E-state index contributed by atoms with van der Waals surface area (Å²) in [6.07, 6.45) is 2.53. The highest BCUT2D eigenvalue weighted by atomic mass is 32.2. The van der Waals surface area contributed by atoms with Crippen molar-refractivity contribution >= 4 is 20.1 Å². The summed E-state index contributed by atoms with van der Waals surface area (Å²) in [4.78, 5) is -3.40. The molecule has 3 heterocycles. The monoisotopic (exact) mass is 297 g/mol. The maximum atomic E-state index is 12.4. The van der Waals surface area contributed by atoms with Crippen LogP contribution in [-0.2, 0) is 20.1 Å². The second-order valence-electron chi connectivity index (χ2n) is 5.01. The van der Waals surface area contributed by atoms with Gasteiger partial charge in [0.1, 0.15) is 0 Å². The van der Waals surface area contributed by atoms with E-state index in [-0.39, 0.29) is 0 Å². The Morgan fingerprint density at radius 2 is 1.67 bits per heavy atom. The summed E-state index contributed by atoms with van der Waals surface area (Å²) < 4.78 is 57.9. The van der Waals surface area contributed by atoms with Crippen LogP contribution in [0.4, 0.5) is 0 Å². The van der Waals surface area contributed by atoms with Gasteiger partial charge in [0.2, 0.25) is 4.87 Å². The molecule has 2 N–H and O–H groups in total. The first-order chi connectivity index (χ1) is 8.19. The smallest absolute Gasteiger partial charge is 0.284 e. The number of nitrogens with zero attached hydrogens (tertiary/aromatic N) is 2. The van der Waals surface area contributed by atoms with Gasteiger partial charge in [-0.05, 0) is 19.8 Å². The minimum atomic E-state index is -4.45. The normalized spacial score (nSPS) is 44.4. The lowest BCUT2D eigenvalue weighted by Crippen LogP contribution is -2.52. The van der Waals surface area contributed by atoms with E-state index >= 15 is 0 Å². The maximum absolute atomic E-state index is 12.4. The van der Waals surface area contributed by atoms with E-state index in [4.69, 9.17) is 4.55 Å². The Bertz CT molecular complexity index is 596. The Morgan fingerprint density at radius 3 is 2.06 bits per heavy atom. The van der Waals surface area contributed by atoms with Crippen LogP contribution in [0.5, 0.6) is 0 Å². The third kappa shape index (κ3) is 1.18. The Labute approximate surface area is 106 Å². The number of fused-ring (bicyclic) bond motifs is 1. The van der Waals surface area contributed by atoms with Crippen molar-refractivity contribution in [2.45, 2.75) is 36.1 Å². The summed E-state index contributed by atoms with van der Waals surface area (Å²) in [5, 5.41) is 1.07. The van der Waals surface area contributed by atoms with Crippen LogP contribution in [0.15, 0.2) is 0 Å².